The average Bonchev–Trinajstić information content (AvgIpc) is 2.31. The molecule has 4 heteroatoms. The van der Waals surface area contributed by atoms with Crippen LogP contribution in [0.1, 0.15) is 20.3 Å². The minimum Gasteiger partial charge on any atom is -0.490 e. The topological polar surface area (TPSA) is 68.3 Å². The van der Waals surface area contributed by atoms with Gasteiger partial charge in [-0.15, -0.1) is 0 Å². The summed E-state index contributed by atoms with van der Waals surface area (Å²) in [5, 5.41) is 8.77. The van der Waals surface area contributed by atoms with Crippen LogP contribution < -0.4 is 15.2 Å². The molecule has 1 aromatic carbocycles. The molecule has 0 aliphatic rings. The second kappa shape index (κ2) is 6.12. The maximum atomic E-state index is 8.77. The standard InChI is InChI=1S/C13H18N2O2/c1-3-16-11-6-4-5-7-12(11)17-9-8-13(2,15)10-14/h4-7H,3,8-9,15H2,1-2H3. The fraction of sp³-hybridized carbons (Fsp3) is 0.462. The van der Waals surface area contributed by atoms with E-state index in [1.165, 1.54) is 0 Å². The predicted octanol–water partition coefficient (Wildman–Crippen LogP) is 2.10. The minimum absolute atomic E-state index is 0.393. The van der Waals surface area contributed by atoms with Crippen LogP contribution in [0.3, 0.4) is 0 Å². The number of rotatable bonds is 6. The van der Waals surface area contributed by atoms with Crippen molar-refractivity contribution in [3.63, 3.8) is 0 Å². The first-order chi connectivity index (χ1) is 8.09. The molecule has 92 valence electrons. The zero-order chi connectivity index (χ0) is 12.7. The highest BCUT2D eigenvalue weighted by molar-refractivity contribution is 5.39. The van der Waals surface area contributed by atoms with E-state index in [9.17, 15) is 0 Å². The van der Waals surface area contributed by atoms with Gasteiger partial charge in [0.2, 0.25) is 0 Å². The van der Waals surface area contributed by atoms with E-state index >= 15 is 0 Å². The van der Waals surface area contributed by atoms with Crippen molar-refractivity contribution in [3.05, 3.63) is 24.3 Å². The summed E-state index contributed by atoms with van der Waals surface area (Å²) in [6, 6.07) is 9.49. The molecular weight excluding hydrogens is 216 g/mol. The Morgan fingerprint density at radius 1 is 1.29 bits per heavy atom. The van der Waals surface area contributed by atoms with E-state index in [0.29, 0.717) is 31.1 Å². The molecule has 0 radical (unpaired) electrons. The van der Waals surface area contributed by atoms with Gasteiger partial charge in [0.1, 0.15) is 5.54 Å². The Labute approximate surface area is 102 Å². The highest BCUT2D eigenvalue weighted by Crippen LogP contribution is 2.26. The van der Waals surface area contributed by atoms with Gasteiger partial charge in [-0.25, -0.2) is 0 Å². The molecule has 0 saturated heterocycles. The Kier molecular flexibility index (Phi) is 4.80. The number of para-hydroxylation sites is 2. The van der Waals surface area contributed by atoms with E-state index in [1.807, 2.05) is 37.3 Å². The van der Waals surface area contributed by atoms with E-state index in [0.717, 1.165) is 0 Å². The second-order valence-corrected chi connectivity index (χ2v) is 4.01. The summed E-state index contributed by atoms with van der Waals surface area (Å²) >= 11 is 0. The van der Waals surface area contributed by atoms with E-state index in [1.54, 1.807) is 6.92 Å². The van der Waals surface area contributed by atoms with E-state index in [-0.39, 0.29) is 0 Å². The first-order valence-corrected chi connectivity index (χ1v) is 5.64. The van der Waals surface area contributed by atoms with Crippen molar-refractivity contribution in [1.29, 1.82) is 5.26 Å². The molecule has 1 atom stereocenters. The number of hydrogen-bond acceptors (Lipinski definition) is 4. The monoisotopic (exact) mass is 234 g/mol. The van der Waals surface area contributed by atoms with Crippen LogP contribution in [0.25, 0.3) is 0 Å². The minimum atomic E-state index is -0.847. The molecule has 1 rings (SSSR count). The molecule has 0 aliphatic carbocycles. The van der Waals surface area contributed by atoms with Crippen molar-refractivity contribution in [2.75, 3.05) is 13.2 Å². The summed E-state index contributed by atoms with van der Waals surface area (Å²) in [7, 11) is 0. The van der Waals surface area contributed by atoms with Crippen LogP contribution in [0.2, 0.25) is 0 Å². The van der Waals surface area contributed by atoms with Gasteiger partial charge in [-0.3, -0.25) is 0 Å². The van der Waals surface area contributed by atoms with Crippen molar-refractivity contribution in [2.45, 2.75) is 25.8 Å². The normalized spacial score (nSPS) is 13.5. The fourth-order valence-corrected chi connectivity index (χ4v) is 1.27. The number of ether oxygens (including phenoxy) is 2. The maximum Gasteiger partial charge on any atom is 0.161 e. The zero-order valence-electron chi connectivity index (χ0n) is 10.3. The third-order valence-electron chi connectivity index (χ3n) is 2.28. The quantitative estimate of drug-likeness (QED) is 0.818. The number of hydrogen-bond donors (Lipinski definition) is 1. The van der Waals surface area contributed by atoms with Gasteiger partial charge in [0, 0.05) is 6.42 Å². The summed E-state index contributed by atoms with van der Waals surface area (Å²) in [5.41, 5.74) is 4.86. The molecule has 1 unspecified atom stereocenters. The largest absolute Gasteiger partial charge is 0.490 e. The molecule has 0 amide bonds. The number of nitriles is 1. The molecule has 0 heterocycles. The van der Waals surface area contributed by atoms with Gasteiger partial charge < -0.3 is 15.2 Å². The van der Waals surface area contributed by atoms with Gasteiger partial charge in [0.05, 0.1) is 19.3 Å². The Morgan fingerprint density at radius 3 is 2.41 bits per heavy atom. The molecule has 0 fully saturated rings. The van der Waals surface area contributed by atoms with Gasteiger partial charge in [-0.1, -0.05) is 12.1 Å². The van der Waals surface area contributed by atoms with Crippen molar-refractivity contribution in [2.24, 2.45) is 5.73 Å². The van der Waals surface area contributed by atoms with Gasteiger partial charge in [-0.2, -0.15) is 5.26 Å². The molecule has 0 saturated carbocycles. The molecule has 2 N–H and O–H groups in total. The lowest BCUT2D eigenvalue weighted by Crippen LogP contribution is -2.35. The van der Waals surface area contributed by atoms with Crippen molar-refractivity contribution < 1.29 is 9.47 Å². The summed E-state index contributed by atoms with van der Waals surface area (Å²) in [6.07, 6.45) is 0.476. The maximum absolute atomic E-state index is 8.77. The first kappa shape index (κ1) is 13.3. The second-order valence-electron chi connectivity index (χ2n) is 4.01. The highest BCUT2D eigenvalue weighted by Gasteiger charge is 2.17. The lowest BCUT2D eigenvalue weighted by Gasteiger charge is -2.16. The highest BCUT2D eigenvalue weighted by atomic mass is 16.5. The van der Waals surface area contributed by atoms with E-state index in [2.05, 4.69) is 0 Å². The molecule has 0 aromatic heterocycles. The van der Waals surface area contributed by atoms with E-state index < -0.39 is 5.54 Å². The van der Waals surface area contributed by atoms with Crippen LogP contribution in [0.5, 0.6) is 11.5 Å². The molecule has 0 aliphatic heterocycles. The van der Waals surface area contributed by atoms with Crippen LogP contribution in [0, 0.1) is 11.3 Å². The predicted molar refractivity (Wildman–Crippen MR) is 65.9 cm³/mol. The van der Waals surface area contributed by atoms with Crippen LogP contribution in [0.4, 0.5) is 0 Å². The lowest BCUT2D eigenvalue weighted by atomic mass is 10.0. The molecular formula is C13H18N2O2. The fourth-order valence-electron chi connectivity index (χ4n) is 1.27. The van der Waals surface area contributed by atoms with Gasteiger partial charge in [-0.05, 0) is 26.0 Å². The van der Waals surface area contributed by atoms with Crippen LogP contribution >= 0.6 is 0 Å². The van der Waals surface area contributed by atoms with Crippen LogP contribution in [-0.2, 0) is 0 Å². The van der Waals surface area contributed by atoms with Gasteiger partial charge in [0.15, 0.2) is 11.5 Å². The number of nitrogens with two attached hydrogens (primary N) is 1. The van der Waals surface area contributed by atoms with Crippen LogP contribution in [0.15, 0.2) is 24.3 Å². The average molecular weight is 234 g/mol. The van der Waals surface area contributed by atoms with Crippen molar-refractivity contribution in [3.8, 4) is 17.6 Å². The summed E-state index contributed by atoms with van der Waals surface area (Å²) in [6.45, 7) is 4.59. The molecule has 0 spiro atoms. The van der Waals surface area contributed by atoms with E-state index in [4.69, 9.17) is 20.5 Å². The number of benzene rings is 1. The Bertz CT molecular complexity index is 397. The molecule has 4 nitrogen and oxygen atoms in total. The Hall–Kier alpha value is -1.73. The smallest absolute Gasteiger partial charge is 0.161 e. The summed E-state index contributed by atoms with van der Waals surface area (Å²) in [5.74, 6) is 1.40. The SMILES string of the molecule is CCOc1ccccc1OCCC(C)(N)C#N. The van der Waals surface area contributed by atoms with Crippen molar-refractivity contribution >= 4 is 0 Å². The third-order valence-corrected chi connectivity index (χ3v) is 2.28. The van der Waals surface area contributed by atoms with Gasteiger partial charge in [0.25, 0.3) is 0 Å². The summed E-state index contributed by atoms with van der Waals surface area (Å²) < 4.78 is 11.0. The number of nitrogens with zero attached hydrogens (tertiary/aromatic N) is 1. The zero-order valence-corrected chi connectivity index (χ0v) is 10.3. The first-order valence-electron chi connectivity index (χ1n) is 5.64. The third kappa shape index (κ3) is 4.33. The van der Waals surface area contributed by atoms with Gasteiger partial charge >= 0.3 is 0 Å². The Morgan fingerprint density at radius 2 is 1.88 bits per heavy atom. The molecule has 17 heavy (non-hydrogen) atoms. The summed E-state index contributed by atoms with van der Waals surface area (Å²) in [4.78, 5) is 0. The Balaban J connectivity index is 2.55. The molecule has 0 bridgehead atoms. The lowest BCUT2D eigenvalue weighted by molar-refractivity contribution is 0.259. The van der Waals surface area contributed by atoms with Crippen molar-refractivity contribution in [1.82, 2.24) is 0 Å². The van der Waals surface area contributed by atoms with Crippen LogP contribution in [-0.4, -0.2) is 18.8 Å². The molecule has 1 aromatic rings.